The molecule has 1 aliphatic rings. The first-order valence-electron chi connectivity index (χ1n) is 6.38. The Labute approximate surface area is 114 Å². The molecule has 1 N–H and O–H groups in total. The molecule has 0 spiro atoms. The van der Waals surface area contributed by atoms with Gasteiger partial charge in [-0.05, 0) is 43.4 Å². The molecule has 1 aliphatic carbocycles. The molecule has 0 radical (unpaired) electrons. The van der Waals surface area contributed by atoms with Crippen LogP contribution in [0.3, 0.4) is 0 Å². The minimum absolute atomic E-state index is 0.546. The molecule has 1 aromatic carbocycles. The molecular formula is C14H19Cl2N. The fourth-order valence-electron chi connectivity index (χ4n) is 2.45. The zero-order valence-electron chi connectivity index (χ0n) is 10.2. The van der Waals surface area contributed by atoms with Gasteiger partial charge in [0.25, 0.3) is 0 Å². The van der Waals surface area contributed by atoms with Crippen LogP contribution in [0.4, 0.5) is 0 Å². The second-order valence-electron chi connectivity index (χ2n) is 4.77. The maximum atomic E-state index is 6.24. The minimum Gasteiger partial charge on any atom is -0.314 e. The Morgan fingerprint density at radius 2 is 2.12 bits per heavy atom. The van der Waals surface area contributed by atoms with Crippen LogP contribution in [0.25, 0.3) is 0 Å². The van der Waals surface area contributed by atoms with Crippen LogP contribution in [0.15, 0.2) is 18.2 Å². The predicted octanol–water partition coefficient (Wildman–Crippen LogP) is 4.31. The number of halogens is 2. The number of likely N-dealkylation sites (N-methyl/N-ethyl adjacent to an activating group) is 1. The van der Waals surface area contributed by atoms with Crippen LogP contribution >= 0.6 is 23.2 Å². The molecule has 0 bridgehead atoms. The van der Waals surface area contributed by atoms with E-state index in [1.165, 1.54) is 19.3 Å². The third kappa shape index (κ3) is 3.15. The summed E-state index contributed by atoms with van der Waals surface area (Å²) in [6, 6.07) is 6.45. The zero-order chi connectivity index (χ0) is 12.3. The Morgan fingerprint density at radius 3 is 2.71 bits per heavy atom. The molecule has 0 aliphatic heterocycles. The summed E-state index contributed by atoms with van der Waals surface area (Å²) in [5.74, 6) is 0.810. The van der Waals surface area contributed by atoms with Gasteiger partial charge in [-0.3, -0.25) is 0 Å². The molecule has 1 aromatic rings. The van der Waals surface area contributed by atoms with Crippen LogP contribution in [0.2, 0.25) is 10.0 Å². The van der Waals surface area contributed by atoms with Crippen molar-refractivity contribution in [3.05, 3.63) is 33.8 Å². The van der Waals surface area contributed by atoms with Gasteiger partial charge >= 0.3 is 0 Å². The van der Waals surface area contributed by atoms with Crippen LogP contribution in [0, 0.1) is 5.92 Å². The number of rotatable bonds is 5. The van der Waals surface area contributed by atoms with E-state index >= 15 is 0 Å². The van der Waals surface area contributed by atoms with Crippen molar-refractivity contribution >= 4 is 23.2 Å². The van der Waals surface area contributed by atoms with E-state index in [1.54, 1.807) is 0 Å². The average Bonchev–Trinajstić information content (AvgIpc) is 2.22. The van der Waals surface area contributed by atoms with Crippen molar-refractivity contribution in [1.29, 1.82) is 0 Å². The average molecular weight is 272 g/mol. The van der Waals surface area contributed by atoms with E-state index in [1.807, 2.05) is 12.1 Å². The van der Waals surface area contributed by atoms with Gasteiger partial charge in [0.05, 0.1) is 10.0 Å². The van der Waals surface area contributed by atoms with E-state index < -0.39 is 0 Å². The standard InChI is InChI=1S/C14H19Cl2N/c1-2-17-13(10-5-3-6-10)9-11-7-4-8-12(15)14(11)16/h4,7-8,10,13,17H,2-3,5-6,9H2,1H3. The molecular weight excluding hydrogens is 253 g/mol. The molecule has 2 rings (SSSR count). The van der Waals surface area contributed by atoms with Crippen molar-refractivity contribution in [3.8, 4) is 0 Å². The molecule has 1 fully saturated rings. The van der Waals surface area contributed by atoms with Gasteiger partial charge in [0, 0.05) is 6.04 Å². The van der Waals surface area contributed by atoms with E-state index in [0.717, 1.165) is 29.5 Å². The lowest BCUT2D eigenvalue weighted by molar-refractivity contribution is 0.229. The van der Waals surface area contributed by atoms with Crippen LogP contribution in [-0.2, 0) is 6.42 Å². The van der Waals surface area contributed by atoms with E-state index in [4.69, 9.17) is 23.2 Å². The van der Waals surface area contributed by atoms with Gasteiger partial charge in [-0.2, -0.15) is 0 Å². The summed E-state index contributed by atoms with van der Waals surface area (Å²) < 4.78 is 0. The highest BCUT2D eigenvalue weighted by molar-refractivity contribution is 6.42. The highest BCUT2D eigenvalue weighted by atomic mass is 35.5. The summed E-state index contributed by atoms with van der Waals surface area (Å²) in [5, 5.41) is 4.96. The third-order valence-electron chi connectivity index (χ3n) is 3.66. The summed E-state index contributed by atoms with van der Waals surface area (Å²) in [7, 11) is 0. The summed E-state index contributed by atoms with van der Waals surface area (Å²) in [6.07, 6.45) is 5.04. The third-order valence-corrected chi connectivity index (χ3v) is 4.51. The fourth-order valence-corrected chi connectivity index (χ4v) is 2.85. The summed E-state index contributed by atoms with van der Waals surface area (Å²) >= 11 is 12.3. The lowest BCUT2D eigenvalue weighted by Gasteiger charge is -2.34. The molecule has 0 aromatic heterocycles. The topological polar surface area (TPSA) is 12.0 Å². The summed E-state index contributed by atoms with van der Waals surface area (Å²) in [4.78, 5) is 0. The van der Waals surface area contributed by atoms with Gasteiger partial charge in [-0.1, -0.05) is 48.7 Å². The first kappa shape index (κ1) is 13.2. The van der Waals surface area contributed by atoms with E-state index in [2.05, 4.69) is 18.3 Å². The monoisotopic (exact) mass is 271 g/mol. The number of hydrogen-bond acceptors (Lipinski definition) is 1. The Morgan fingerprint density at radius 1 is 1.35 bits per heavy atom. The first-order chi connectivity index (χ1) is 8.22. The maximum absolute atomic E-state index is 6.24. The van der Waals surface area contributed by atoms with Crippen LogP contribution in [0.1, 0.15) is 31.7 Å². The van der Waals surface area contributed by atoms with Crippen LogP contribution < -0.4 is 5.32 Å². The Kier molecular flexibility index (Phi) is 4.72. The molecule has 17 heavy (non-hydrogen) atoms. The number of benzene rings is 1. The molecule has 1 saturated carbocycles. The van der Waals surface area contributed by atoms with Crippen molar-refractivity contribution in [3.63, 3.8) is 0 Å². The van der Waals surface area contributed by atoms with Crippen molar-refractivity contribution in [2.24, 2.45) is 5.92 Å². The van der Waals surface area contributed by atoms with E-state index in [9.17, 15) is 0 Å². The van der Waals surface area contributed by atoms with Gasteiger partial charge < -0.3 is 5.32 Å². The second kappa shape index (κ2) is 6.08. The second-order valence-corrected chi connectivity index (χ2v) is 5.56. The zero-order valence-corrected chi connectivity index (χ0v) is 11.7. The van der Waals surface area contributed by atoms with Crippen molar-refractivity contribution in [2.45, 2.75) is 38.6 Å². The quantitative estimate of drug-likeness (QED) is 0.842. The van der Waals surface area contributed by atoms with Gasteiger partial charge in [-0.25, -0.2) is 0 Å². The van der Waals surface area contributed by atoms with Crippen molar-refractivity contribution in [1.82, 2.24) is 5.32 Å². The Bertz CT molecular complexity index is 374. The largest absolute Gasteiger partial charge is 0.314 e. The van der Waals surface area contributed by atoms with Gasteiger partial charge in [0.1, 0.15) is 0 Å². The lowest BCUT2D eigenvalue weighted by atomic mass is 9.77. The summed E-state index contributed by atoms with van der Waals surface area (Å²) in [6.45, 7) is 3.17. The Hall–Kier alpha value is -0.240. The highest BCUT2D eigenvalue weighted by Crippen LogP contribution is 2.33. The van der Waals surface area contributed by atoms with E-state index in [-0.39, 0.29) is 0 Å². The van der Waals surface area contributed by atoms with Gasteiger partial charge in [-0.15, -0.1) is 0 Å². The minimum atomic E-state index is 0.546. The van der Waals surface area contributed by atoms with Crippen molar-refractivity contribution < 1.29 is 0 Å². The molecule has 0 amide bonds. The molecule has 94 valence electrons. The first-order valence-corrected chi connectivity index (χ1v) is 7.14. The van der Waals surface area contributed by atoms with Gasteiger partial charge in [0.15, 0.2) is 0 Å². The van der Waals surface area contributed by atoms with Gasteiger partial charge in [0.2, 0.25) is 0 Å². The van der Waals surface area contributed by atoms with Crippen molar-refractivity contribution in [2.75, 3.05) is 6.54 Å². The summed E-state index contributed by atoms with van der Waals surface area (Å²) in [5.41, 5.74) is 1.16. The van der Waals surface area contributed by atoms with Crippen LogP contribution in [0.5, 0.6) is 0 Å². The highest BCUT2D eigenvalue weighted by Gasteiger charge is 2.27. The molecule has 1 unspecified atom stereocenters. The number of hydrogen-bond donors (Lipinski definition) is 1. The SMILES string of the molecule is CCNC(Cc1cccc(Cl)c1Cl)C1CCC1. The molecule has 1 nitrogen and oxygen atoms in total. The number of nitrogens with one attached hydrogen (secondary N) is 1. The molecule has 1 atom stereocenters. The lowest BCUT2D eigenvalue weighted by Crippen LogP contribution is -2.41. The predicted molar refractivity (Wildman–Crippen MR) is 75.0 cm³/mol. The smallest absolute Gasteiger partial charge is 0.0624 e. The normalized spacial score (nSPS) is 17.8. The fraction of sp³-hybridized carbons (Fsp3) is 0.571. The molecule has 0 heterocycles. The van der Waals surface area contributed by atoms with E-state index in [0.29, 0.717) is 11.1 Å². The molecule has 0 saturated heterocycles. The molecule has 3 heteroatoms. The van der Waals surface area contributed by atoms with Crippen LogP contribution in [-0.4, -0.2) is 12.6 Å². The maximum Gasteiger partial charge on any atom is 0.0624 e. The Balaban J connectivity index is 2.08.